The highest BCUT2D eigenvalue weighted by molar-refractivity contribution is 6.01. The summed E-state index contributed by atoms with van der Waals surface area (Å²) in [7, 11) is 0. The highest BCUT2D eigenvalue weighted by Gasteiger charge is 2.54. The maximum atomic E-state index is 2.56. The maximum Gasteiger partial charge on any atom is 0.0754 e. The zero-order chi connectivity index (χ0) is 52.2. The number of anilines is 6. The molecule has 1 atom stereocenters. The lowest BCUT2D eigenvalue weighted by Gasteiger charge is -2.44. The summed E-state index contributed by atoms with van der Waals surface area (Å²) in [6, 6.07) is 106. The first-order valence-corrected chi connectivity index (χ1v) is 27.8. The third kappa shape index (κ3) is 5.75. The Bertz CT molecular complexity index is 4490. The van der Waals surface area contributed by atoms with Gasteiger partial charge >= 0.3 is 0 Å². The average molecular weight is 1010 g/mol. The molecular formula is C77H52N2. The van der Waals surface area contributed by atoms with E-state index in [2.05, 4.69) is 303 Å². The Balaban J connectivity index is 0.875. The van der Waals surface area contributed by atoms with Crippen molar-refractivity contribution in [2.24, 2.45) is 0 Å². The first-order valence-electron chi connectivity index (χ1n) is 27.8. The van der Waals surface area contributed by atoms with Gasteiger partial charge in [-0.3, -0.25) is 0 Å². The van der Waals surface area contributed by atoms with E-state index in [1.807, 2.05) is 0 Å². The topological polar surface area (TPSA) is 6.48 Å². The second-order valence-electron chi connectivity index (χ2n) is 22.7. The fourth-order valence-electron chi connectivity index (χ4n) is 15.4. The van der Waals surface area contributed by atoms with Gasteiger partial charge in [-0.2, -0.15) is 0 Å². The molecule has 1 heterocycles. The van der Waals surface area contributed by atoms with E-state index in [0.29, 0.717) is 0 Å². The van der Waals surface area contributed by atoms with Crippen molar-refractivity contribution in [2.45, 2.75) is 30.1 Å². The van der Waals surface area contributed by atoms with Crippen LogP contribution in [-0.2, 0) is 16.2 Å². The Morgan fingerprint density at radius 3 is 1.35 bits per heavy atom. The van der Waals surface area contributed by atoms with E-state index in [9.17, 15) is 0 Å². The van der Waals surface area contributed by atoms with Crippen molar-refractivity contribution in [1.29, 1.82) is 0 Å². The summed E-state index contributed by atoms with van der Waals surface area (Å²) < 4.78 is 0. The SMILES string of the molecule is CC1(C)c2ccccc2-c2ccc(N(c3ccccc3)c3ccc4c(c3)C3(c5ccccc5-c5ccccc53)c3cc(-c5ccc6c(c5)C5(c7ccccc7)c7ccccc7N(c7ccccc7)c7cccc-6c75)ccc3-4)cc21. The molecule has 0 radical (unpaired) electrons. The summed E-state index contributed by atoms with van der Waals surface area (Å²) in [5, 5.41) is 0. The molecule has 0 N–H and O–H groups in total. The minimum absolute atomic E-state index is 0.138. The molecule has 1 aliphatic heterocycles. The Morgan fingerprint density at radius 2 is 0.709 bits per heavy atom. The van der Waals surface area contributed by atoms with E-state index in [4.69, 9.17) is 0 Å². The van der Waals surface area contributed by atoms with Crippen molar-refractivity contribution in [3.05, 3.63) is 335 Å². The van der Waals surface area contributed by atoms with Crippen molar-refractivity contribution < 1.29 is 0 Å². The first kappa shape index (κ1) is 44.4. The van der Waals surface area contributed by atoms with Crippen LogP contribution in [0.2, 0.25) is 0 Å². The summed E-state index contributed by atoms with van der Waals surface area (Å²) in [5.41, 5.74) is 31.7. The minimum Gasteiger partial charge on any atom is -0.310 e. The second-order valence-corrected chi connectivity index (χ2v) is 22.7. The number of hydrogen-bond acceptors (Lipinski definition) is 2. The lowest BCUT2D eigenvalue weighted by atomic mass is 9.64. The van der Waals surface area contributed by atoms with E-state index in [1.165, 1.54) is 123 Å². The molecule has 12 aromatic rings. The Hall–Kier alpha value is -9.76. The molecule has 0 fully saturated rings. The second kappa shape index (κ2) is 16.1. The molecule has 4 aliphatic carbocycles. The van der Waals surface area contributed by atoms with Gasteiger partial charge in [-0.1, -0.05) is 220 Å². The summed E-state index contributed by atoms with van der Waals surface area (Å²) in [6.07, 6.45) is 0. The van der Waals surface area contributed by atoms with Crippen LogP contribution < -0.4 is 9.80 Å². The van der Waals surface area contributed by atoms with Gasteiger partial charge in [0.15, 0.2) is 0 Å². The number of rotatable bonds is 6. The van der Waals surface area contributed by atoms with Crippen LogP contribution in [0.5, 0.6) is 0 Å². The average Bonchev–Trinajstić information content (AvgIpc) is 3.95. The van der Waals surface area contributed by atoms with Gasteiger partial charge in [0.1, 0.15) is 0 Å². The number of benzene rings is 12. The summed E-state index contributed by atoms with van der Waals surface area (Å²) in [6.45, 7) is 4.75. The van der Waals surface area contributed by atoms with Crippen LogP contribution in [0, 0.1) is 0 Å². The molecular weight excluding hydrogens is 953 g/mol. The predicted octanol–water partition coefficient (Wildman–Crippen LogP) is 19.6. The normalized spacial score (nSPS) is 16.2. The summed E-state index contributed by atoms with van der Waals surface area (Å²) >= 11 is 0. The summed E-state index contributed by atoms with van der Waals surface area (Å²) in [5.74, 6) is 0. The minimum atomic E-state index is -0.579. The van der Waals surface area contributed by atoms with Gasteiger partial charge in [0, 0.05) is 33.7 Å². The van der Waals surface area contributed by atoms with Crippen molar-refractivity contribution >= 4 is 34.1 Å². The highest BCUT2D eigenvalue weighted by Crippen LogP contribution is 2.67. The molecule has 2 heteroatoms. The van der Waals surface area contributed by atoms with Crippen LogP contribution in [0.3, 0.4) is 0 Å². The van der Waals surface area contributed by atoms with Gasteiger partial charge in [-0.15, -0.1) is 0 Å². The van der Waals surface area contributed by atoms with Crippen LogP contribution in [0.15, 0.2) is 279 Å². The molecule has 1 unspecified atom stereocenters. The third-order valence-corrected chi connectivity index (χ3v) is 18.6. The van der Waals surface area contributed by atoms with Crippen LogP contribution in [0.4, 0.5) is 34.1 Å². The van der Waals surface area contributed by atoms with Gasteiger partial charge in [-0.25, -0.2) is 0 Å². The monoisotopic (exact) mass is 1000 g/mol. The van der Waals surface area contributed by atoms with Crippen LogP contribution in [0.25, 0.3) is 55.6 Å². The van der Waals surface area contributed by atoms with E-state index in [0.717, 1.165) is 22.7 Å². The molecule has 0 bridgehead atoms. The van der Waals surface area contributed by atoms with E-state index < -0.39 is 10.8 Å². The smallest absolute Gasteiger partial charge is 0.0754 e. The fraction of sp³-hybridized carbons (Fsp3) is 0.0649. The van der Waals surface area contributed by atoms with Crippen LogP contribution in [0.1, 0.15) is 69.5 Å². The molecule has 79 heavy (non-hydrogen) atoms. The maximum absolute atomic E-state index is 2.56. The van der Waals surface area contributed by atoms with E-state index in [-0.39, 0.29) is 5.41 Å². The number of fused-ring (bicyclic) bond motifs is 18. The Labute approximate surface area is 461 Å². The van der Waals surface area contributed by atoms with Crippen molar-refractivity contribution in [3.8, 4) is 55.6 Å². The molecule has 1 spiro atoms. The zero-order valence-electron chi connectivity index (χ0n) is 44.0. The Kier molecular flexibility index (Phi) is 9.07. The number of nitrogens with zero attached hydrogens (tertiary/aromatic N) is 2. The van der Waals surface area contributed by atoms with Gasteiger partial charge in [-0.05, 0) is 179 Å². The van der Waals surface area contributed by atoms with Crippen molar-refractivity contribution in [3.63, 3.8) is 0 Å². The van der Waals surface area contributed by atoms with E-state index >= 15 is 0 Å². The summed E-state index contributed by atoms with van der Waals surface area (Å²) in [4.78, 5) is 4.96. The molecule has 0 aromatic heterocycles. The molecule has 0 saturated heterocycles. The van der Waals surface area contributed by atoms with Crippen LogP contribution in [-0.4, -0.2) is 0 Å². The van der Waals surface area contributed by atoms with Gasteiger partial charge in [0.05, 0.1) is 22.2 Å². The van der Waals surface area contributed by atoms with Gasteiger partial charge < -0.3 is 9.80 Å². The molecule has 2 nitrogen and oxygen atoms in total. The fourth-order valence-corrected chi connectivity index (χ4v) is 15.4. The first-order chi connectivity index (χ1) is 39.0. The molecule has 370 valence electrons. The van der Waals surface area contributed by atoms with Gasteiger partial charge in [0.25, 0.3) is 0 Å². The number of para-hydroxylation sites is 3. The molecule has 12 aromatic carbocycles. The van der Waals surface area contributed by atoms with Crippen LogP contribution >= 0.6 is 0 Å². The van der Waals surface area contributed by atoms with Crippen molar-refractivity contribution in [2.75, 3.05) is 9.80 Å². The zero-order valence-corrected chi connectivity index (χ0v) is 44.0. The predicted molar refractivity (Wildman–Crippen MR) is 326 cm³/mol. The highest BCUT2D eigenvalue weighted by atomic mass is 15.2. The molecule has 0 saturated carbocycles. The van der Waals surface area contributed by atoms with E-state index in [1.54, 1.807) is 0 Å². The number of hydrogen-bond donors (Lipinski definition) is 0. The van der Waals surface area contributed by atoms with Crippen molar-refractivity contribution in [1.82, 2.24) is 0 Å². The lowest BCUT2D eigenvalue weighted by Crippen LogP contribution is -2.35. The Morgan fingerprint density at radius 1 is 0.278 bits per heavy atom. The molecule has 17 rings (SSSR count). The quantitative estimate of drug-likeness (QED) is 0.164. The largest absolute Gasteiger partial charge is 0.310 e. The third-order valence-electron chi connectivity index (χ3n) is 18.6. The standard InChI is InChI=1S/C77H52N2/c1-75(2)64-31-15-12-27-56(64)59-43-39-54(47-68(59)75)78(52-23-8-4-9-24-52)55-40-44-61-60-41-37-50(46-70(60)77(71(61)48-55)65-32-16-13-28-57(65)58-29-14-17-33-66(58)77)49-38-42-62-63-30-20-36-73-74(63)76(69(62)45-49,51-21-6-3-7-22-51)67-34-18-19-35-72(67)79(73)53-25-10-5-11-26-53/h3-48H,1-2H3. The molecule has 5 aliphatic rings. The van der Waals surface area contributed by atoms with Gasteiger partial charge in [0.2, 0.25) is 0 Å². The lowest BCUT2D eigenvalue weighted by molar-refractivity contribution is 0.660. The molecule has 0 amide bonds.